The molecule has 1 aliphatic rings. The number of rotatable bonds is 5. The van der Waals surface area contributed by atoms with Crippen LogP contribution in [0.4, 0.5) is 11.6 Å². The van der Waals surface area contributed by atoms with Gasteiger partial charge in [-0.05, 0) is 25.0 Å². The van der Waals surface area contributed by atoms with E-state index in [4.69, 9.17) is 16.3 Å². The van der Waals surface area contributed by atoms with Crippen LogP contribution in [0.5, 0.6) is 5.75 Å². The molecule has 0 spiro atoms. The van der Waals surface area contributed by atoms with E-state index in [1.54, 1.807) is 31.6 Å². The third-order valence-electron chi connectivity index (χ3n) is 4.73. The summed E-state index contributed by atoms with van der Waals surface area (Å²) in [4.78, 5) is 32.5. The van der Waals surface area contributed by atoms with Crippen molar-refractivity contribution in [2.24, 2.45) is 5.92 Å². The molecule has 0 radical (unpaired) electrons. The van der Waals surface area contributed by atoms with Crippen molar-refractivity contribution < 1.29 is 14.3 Å². The van der Waals surface area contributed by atoms with Crippen LogP contribution in [-0.2, 0) is 9.59 Å². The second-order valence-corrected chi connectivity index (χ2v) is 7.31. The molecule has 0 atom stereocenters. The fourth-order valence-electron chi connectivity index (χ4n) is 3.19. The molecule has 29 heavy (non-hydrogen) atoms. The van der Waals surface area contributed by atoms with Crippen molar-refractivity contribution >= 4 is 45.8 Å². The quantitative estimate of drug-likeness (QED) is 0.655. The van der Waals surface area contributed by atoms with Crippen LogP contribution in [0.2, 0.25) is 5.02 Å². The highest BCUT2D eigenvalue weighted by atomic mass is 35.5. The first-order chi connectivity index (χ1) is 14.0. The van der Waals surface area contributed by atoms with E-state index >= 15 is 0 Å². The van der Waals surface area contributed by atoms with E-state index in [9.17, 15) is 9.59 Å². The number of benzene rings is 1. The molecule has 8 heteroatoms. The van der Waals surface area contributed by atoms with Gasteiger partial charge in [-0.1, -0.05) is 23.7 Å². The predicted molar refractivity (Wildman–Crippen MR) is 112 cm³/mol. The lowest BCUT2D eigenvalue weighted by Crippen LogP contribution is -2.14. The number of para-hydroxylation sites is 1. The summed E-state index contributed by atoms with van der Waals surface area (Å²) in [6.07, 6.45) is 5.05. The number of pyridine rings is 2. The normalized spacial score (nSPS) is 13.2. The van der Waals surface area contributed by atoms with E-state index in [1.165, 1.54) is 6.92 Å². The number of hydrogen-bond acceptors (Lipinski definition) is 5. The zero-order valence-corrected chi connectivity index (χ0v) is 16.7. The van der Waals surface area contributed by atoms with Crippen molar-refractivity contribution in [3.05, 3.63) is 41.7 Å². The molecular weight excluding hydrogens is 392 g/mol. The molecule has 1 saturated carbocycles. The van der Waals surface area contributed by atoms with Gasteiger partial charge in [-0.15, -0.1) is 0 Å². The van der Waals surface area contributed by atoms with Crippen LogP contribution in [0.15, 0.2) is 36.7 Å². The Labute approximate surface area is 172 Å². The minimum atomic E-state index is -0.238. The van der Waals surface area contributed by atoms with Crippen molar-refractivity contribution in [1.29, 1.82) is 0 Å². The van der Waals surface area contributed by atoms with Crippen molar-refractivity contribution in [3.8, 4) is 16.9 Å². The van der Waals surface area contributed by atoms with Gasteiger partial charge in [0.1, 0.15) is 17.4 Å². The van der Waals surface area contributed by atoms with Crippen molar-refractivity contribution in [1.82, 2.24) is 9.97 Å². The molecule has 3 aromatic rings. The Morgan fingerprint density at radius 2 is 1.90 bits per heavy atom. The second kappa shape index (κ2) is 7.67. The molecule has 148 valence electrons. The van der Waals surface area contributed by atoms with E-state index < -0.39 is 0 Å². The highest BCUT2D eigenvalue weighted by molar-refractivity contribution is 6.32. The summed E-state index contributed by atoms with van der Waals surface area (Å²) in [6, 6.07) is 7.22. The van der Waals surface area contributed by atoms with E-state index in [0.29, 0.717) is 27.8 Å². The highest BCUT2D eigenvalue weighted by Gasteiger charge is 2.30. The monoisotopic (exact) mass is 410 g/mol. The zero-order valence-electron chi connectivity index (χ0n) is 16.0. The van der Waals surface area contributed by atoms with Crippen LogP contribution in [0.1, 0.15) is 19.8 Å². The van der Waals surface area contributed by atoms with E-state index in [-0.39, 0.29) is 17.7 Å². The summed E-state index contributed by atoms with van der Waals surface area (Å²) >= 11 is 6.30. The fourth-order valence-corrected chi connectivity index (χ4v) is 3.44. The standard InChI is InChI=1S/C21H19ClN4O3/c1-11(27)25-20-16-10-23-18(26-21(28)12-6-7-12)8-14(16)15(9-24-20)13-4-3-5-17(22)19(13)29-2/h3-5,8-10,12H,6-7H2,1-2H3,(H,23,26,28)(H,24,25,27). The van der Waals surface area contributed by atoms with E-state index in [1.807, 2.05) is 12.1 Å². The van der Waals surface area contributed by atoms with Gasteiger partial charge in [0.2, 0.25) is 11.8 Å². The number of ether oxygens (including phenoxy) is 1. The number of methoxy groups -OCH3 is 1. The summed E-state index contributed by atoms with van der Waals surface area (Å²) < 4.78 is 5.49. The lowest BCUT2D eigenvalue weighted by Gasteiger charge is -2.15. The minimum absolute atomic E-state index is 0.0325. The molecule has 2 heterocycles. The van der Waals surface area contributed by atoms with Crippen LogP contribution >= 0.6 is 11.6 Å². The molecule has 4 rings (SSSR count). The number of carbonyl (C=O) groups excluding carboxylic acids is 2. The van der Waals surface area contributed by atoms with E-state index in [0.717, 1.165) is 29.4 Å². The Balaban J connectivity index is 1.89. The van der Waals surface area contributed by atoms with Crippen LogP contribution in [0.3, 0.4) is 0 Å². The average molecular weight is 411 g/mol. The molecule has 1 aromatic carbocycles. The topological polar surface area (TPSA) is 93.2 Å². The number of nitrogens with zero attached hydrogens (tertiary/aromatic N) is 2. The second-order valence-electron chi connectivity index (χ2n) is 6.90. The van der Waals surface area contributed by atoms with Crippen LogP contribution < -0.4 is 15.4 Å². The molecule has 0 unspecified atom stereocenters. The first-order valence-electron chi connectivity index (χ1n) is 9.18. The first-order valence-corrected chi connectivity index (χ1v) is 9.56. The summed E-state index contributed by atoms with van der Waals surface area (Å²) in [5.41, 5.74) is 1.50. The minimum Gasteiger partial charge on any atom is -0.495 e. The molecule has 2 N–H and O–H groups in total. The molecule has 0 aliphatic heterocycles. The fraction of sp³-hybridized carbons (Fsp3) is 0.238. The highest BCUT2D eigenvalue weighted by Crippen LogP contribution is 2.40. The Morgan fingerprint density at radius 1 is 1.10 bits per heavy atom. The van der Waals surface area contributed by atoms with Gasteiger partial charge in [0.15, 0.2) is 0 Å². The third-order valence-corrected chi connectivity index (χ3v) is 5.02. The molecule has 1 aliphatic carbocycles. The van der Waals surface area contributed by atoms with E-state index in [2.05, 4.69) is 20.6 Å². The van der Waals surface area contributed by atoms with Crippen molar-refractivity contribution in [2.75, 3.05) is 17.7 Å². The molecule has 0 saturated heterocycles. The van der Waals surface area contributed by atoms with Gasteiger partial charge in [-0.25, -0.2) is 9.97 Å². The van der Waals surface area contributed by atoms with Crippen LogP contribution in [-0.4, -0.2) is 28.9 Å². The maximum atomic E-state index is 12.2. The Kier molecular flexibility index (Phi) is 5.07. The third kappa shape index (κ3) is 3.86. The molecule has 2 aromatic heterocycles. The van der Waals surface area contributed by atoms with Crippen molar-refractivity contribution in [3.63, 3.8) is 0 Å². The molecule has 0 bridgehead atoms. The number of halogens is 1. The summed E-state index contributed by atoms with van der Waals surface area (Å²) in [6.45, 7) is 1.42. The number of nitrogens with one attached hydrogen (secondary N) is 2. The SMILES string of the molecule is COc1c(Cl)cccc1-c1cnc(NC(C)=O)c2cnc(NC(=O)C3CC3)cc12. The first kappa shape index (κ1) is 19.1. The van der Waals surface area contributed by atoms with Gasteiger partial charge in [0, 0.05) is 47.1 Å². The number of carbonyl (C=O) groups is 2. The van der Waals surface area contributed by atoms with Crippen LogP contribution in [0.25, 0.3) is 21.9 Å². The molecule has 1 fully saturated rings. The maximum Gasteiger partial charge on any atom is 0.228 e. The molecular formula is C21H19ClN4O3. The van der Waals surface area contributed by atoms with Gasteiger partial charge in [-0.3, -0.25) is 9.59 Å². The Bertz CT molecular complexity index is 1130. The average Bonchev–Trinajstić information content (AvgIpc) is 3.53. The van der Waals surface area contributed by atoms with Gasteiger partial charge >= 0.3 is 0 Å². The number of aromatic nitrogens is 2. The zero-order chi connectivity index (χ0) is 20.5. The Morgan fingerprint density at radius 3 is 2.59 bits per heavy atom. The lowest BCUT2D eigenvalue weighted by atomic mass is 10.0. The molecule has 7 nitrogen and oxygen atoms in total. The number of fused-ring (bicyclic) bond motifs is 1. The smallest absolute Gasteiger partial charge is 0.228 e. The van der Waals surface area contributed by atoms with Gasteiger partial charge in [0.25, 0.3) is 0 Å². The maximum absolute atomic E-state index is 12.2. The number of amides is 2. The van der Waals surface area contributed by atoms with Crippen molar-refractivity contribution in [2.45, 2.75) is 19.8 Å². The Hall–Kier alpha value is -3.19. The molecule has 2 amide bonds. The largest absolute Gasteiger partial charge is 0.495 e. The number of hydrogen-bond donors (Lipinski definition) is 2. The summed E-state index contributed by atoms with van der Waals surface area (Å²) in [5, 5.41) is 7.45. The van der Waals surface area contributed by atoms with Gasteiger partial charge < -0.3 is 15.4 Å². The van der Waals surface area contributed by atoms with Gasteiger partial charge in [0.05, 0.1) is 12.1 Å². The summed E-state index contributed by atoms with van der Waals surface area (Å²) in [7, 11) is 1.55. The predicted octanol–water partition coefficient (Wildman–Crippen LogP) is 4.27. The van der Waals surface area contributed by atoms with Gasteiger partial charge in [-0.2, -0.15) is 0 Å². The lowest BCUT2D eigenvalue weighted by molar-refractivity contribution is -0.117. The number of anilines is 2. The summed E-state index contributed by atoms with van der Waals surface area (Å²) in [5.74, 6) is 1.15. The van der Waals surface area contributed by atoms with Crippen LogP contribution in [0, 0.1) is 5.92 Å².